The minimum absolute atomic E-state index is 0.259. The molecule has 5 heteroatoms. The zero-order valence-corrected chi connectivity index (χ0v) is 10.3. The topological polar surface area (TPSA) is 41.6 Å². The second kappa shape index (κ2) is 4.07. The lowest BCUT2D eigenvalue weighted by Crippen LogP contribution is -1.90. The van der Waals surface area contributed by atoms with Crippen LogP contribution in [0.15, 0.2) is 30.3 Å². The monoisotopic (exact) mass is 261 g/mol. The van der Waals surface area contributed by atoms with Crippen LogP contribution in [0.25, 0.3) is 22.2 Å². The van der Waals surface area contributed by atoms with Gasteiger partial charge in [-0.1, -0.05) is 17.7 Å². The second-order valence-electron chi connectivity index (χ2n) is 4.07. The molecule has 0 unspecified atom stereocenters. The fourth-order valence-corrected chi connectivity index (χ4v) is 2.12. The van der Waals surface area contributed by atoms with Crippen molar-refractivity contribution in [1.29, 1.82) is 0 Å². The van der Waals surface area contributed by atoms with E-state index >= 15 is 0 Å². The Balaban J connectivity index is 2.26. The summed E-state index contributed by atoms with van der Waals surface area (Å²) < 4.78 is 13.6. The zero-order chi connectivity index (χ0) is 12.7. The van der Waals surface area contributed by atoms with Crippen LogP contribution in [0.2, 0.25) is 5.15 Å². The fraction of sp³-hybridized carbons (Fsp3) is 0.0769. The van der Waals surface area contributed by atoms with Crippen molar-refractivity contribution in [3.8, 4) is 11.3 Å². The lowest BCUT2D eigenvalue weighted by atomic mass is 10.2. The van der Waals surface area contributed by atoms with Crippen LogP contribution in [-0.2, 0) is 0 Å². The molecular weight excluding hydrogens is 253 g/mol. The summed E-state index contributed by atoms with van der Waals surface area (Å²) in [7, 11) is 0. The molecule has 0 saturated heterocycles. The van der Waals surface area contributed by atoms with Crippen LogP contribution in [0.5, 0.6) is 0 Å². The van der Waals surface area contributed by atoms with E-state index in [-0.39, 0.29) is 5.82 Å². The average Bonchev–Trinajstić information content (AvgIpc) is 2.77. The van der Waals surface area contributed by atoms with Crippen molar-refractivity contribution < 1.29 is 4.39 Å². The molecule has 0 radical (unpaired) electrons. The summed E-state index contributed by atoms with van der Waals surface area (Å²) in [5.41, 5.74) is 2.95. The first-order valence-electron chi connectivity index (χ1n) is 5.42. The molecule has 90 valence electrons. The van der Waals surface area contributed by atoms with Crippen molar-refractivity contribution in [3.63, 3.8) is 0 Å². The molecule has 2 heterocycles. The van der Waals surface area contributed by atoms with Gasteiger partial charge in [-0.15, -0.1) is 5.10 Å². The molecule has 0 spiro atoms. The Morgan fingerprint density at radius 1 is 1.22 bits per heavy atom. The molecule has 3 nitrogen and oxygen atoms in total. The summed E-state index contributed by atoms with van der Waals surface area (Å²) in [4.78, 5) is 3.13. The summed E-state index contributed by atoms with van der Waals surface area (Å²) in [5, 5.41) is 8.55. The molecule has 1 N–H and O–H groups in total. The van der Waals surface area contributed by atoms with Crippen LogP contribution in [0, 0.1) is 12.7 Å². The van der Waals surface area contributed by atoms with Crippen LogP contribution in [0.3, 0.4) is 0 Å². The third kappa shape index (κ3) is 1.75. The molecule has 1 aromatic carbocycles. The van der Waals surface area contributed by atoms with Crippen LogP contribution in [0.1, 0.15) is 5.69 Å². The molecule has 0 fully saturated rings. The Morgan fingerprint density at radius 2 is 2.06 bits per heavy atom. The fourth-order valence-electron chi connectivity index (χ4n) is 1.93. The van der Waals surface area contributed by atoms with Gasteiger partial charge < -0.3 is 4.98 Å². The number of halogens is 2. The van der Waals surface area contributed by atoms with Crippen LogP contribution >= 0.6 is 11.6 Å². The van der Waals surface area contributed by atoms with Gasteiger partial charge >= 0.3 is 0 Å². The molecule has 0 amide bonds. The third-order valence-corrected chi connectivity index (χ3v) is 3.05. The van der Waals surface area contributed by atoms with E-state index < -0.39 is 0 Å². The summed E-state index contributed by atoms with van der Waals surface area (Å²) in [5.74, 6) is -0.259. The number of nitrogens with zero attached hydrogens (tertiary/aromatic N) is 2. The van der Waals surface area contributed by atoms with E-state index in [4.69, 9.17) is 11.6 Å². The van der Waals surface area contributed by atoms with Crippen molar-refractivity contribution in [2.45, 2.75) is 6.92 Å². The van der Waals surface area contributed by atoms with Gasteiger partial charge in [0.05, 0.1) is 5.69 Å². The number of H-pyrrole nitrogens is 1. The highest BCUT2D eigenvalue weighted by Crippen LogP contribution is 2.29. The van der Waals surface area contributed by atoms with E-state index in [9.17, 15) is 4.39 Å². The molecule has 0 saturated carbocycles. The van der Waals surface area contributed by atoms with E-state index in [1.165, 1.54) is 6.07 Å². The maximum atomic E-state index is 13.6. The first-order valence-corrected chi connectivity index (χ1v) is 5.80. The molecule has 0 aliphatic heterocycles. The number of benzene rings is 1. The van der Waals surface area contributed by atoms with Gasteiger partial charge in [0.15, 0.2) is 5.15 Å². The lowest BCUT2D eigenvalue weighted by molar-refractivity contribution is 0.640. The molecule has 2 aromatic heterocycles. The van der Waals surface area contributed by atoms with Crippen molar-refractivity contribution >= 4 is 22.5 Å². The van der Waals surface area contributed by atoms with Gasteiger partial charge in [-0.25, -0.2) is 4.39 Å². The largest absolute Gasteiger partial charge is 0.354 e. The van der Waals surface area contributed by atoms with Crippen molar-refractivity contribution in [1.82, 2.24) is 15.2 Å². The maximum Gasteiger partial charge on any atom is 0.161 e. The van der Waals surface area contributed by atoms with Gasteiger partial charge in [0.25, 0.3) is 0 Å². The van der Waals surface area contributed by atoms with E-state index in [0.29, 0.717) is 10.5 Å². The summed E-state index contributed by atoms with van der Waals surface area (Å²) in [6, 6.07) is 8.45. The molecule has 3 rings (SSSR count). The minimum Gasteiger partial charge on any atom is -0.354 e. The molecule has 3 aromatic rings. The Morgan fingerprint density at radius 3 is 2.83 bits per heavy atom. The number of nitrogens with one attached hydrogen (secondary N) is 1. The number of hydrogen-bond donors (Lipinski definition) is 1. The molecule has 0 bridgehead atoms. The number of fused-ring (bicyclic) bond motifs is 1. The number of aryl methyl sites for hydroxylation is 1. The van der Waals surface area contributed by atoms with Crippen molar-refractivity contribution in [3.05, 3.63) is 47.0 Å². The lowest BCUT2D eigenvalue weighted by Gasteiger charge is -2.00. The number of aromatic amines is 1. The predicted octanol–water partition coefficient (Wildman–Crippen LogP) is 3.73. The summed E-state index contributed by atoms with van der Waals surface area (Å²) in [6.07, 6.45) is 0. The van der Waals surface area contributed by atoms with Crippen LogP contribution in [0.4, 0.5) is 4.39 Å². The molecule has 0 aliphatic rings. The number of aromatic nitrogens is 3. The highest BCUT2D eigenvalue weighted by Gasteiger charge is 2.11. The van der Waals surface area contributed by atoms with Crippen LogP contribution in [-0.4, -0.2) is 15.2 Å². The highest BCUT2D eigenvalue weighted by molar-refractivity contribution is 6.32. The van der Waals surface area contributed by atoms with Gasteiger partial charge in [0.2, 0.25) is 0 Å². The Bertz CT molecular complexity index is 736. The van der Waals surface area contributed by atoms with E-state index in [1.807, 2.05) is 19.1 Å². The Hall–Kier alpha value is -1.94. The first kappa shape index (κ1) is 11.2. The van der Waals surface area contributed by atoms with Gasteiger partial charge in [-0.3, -0.25) is 0 Å². The molecule has 18 heavy (non-hydrogen) atoms. The van der Waals surface area contributed by atoms with Gasteiger partial charge in [0.1, 0.15) is 5.82 Å². The highest BCUT2D eigenvalue weighted by atomic mass is 35.5. The Kier molecular flexibility index (Phi) is 2.52. The molecule has 0 aliphatic carbocycles. The predicted molar refractivity (Wildman–Crippen MR) is 69.0 cm³/mol. The minimum atomic E-state index is -0.259. The SMILES string of the molecule is Cc1cc(-c2cc3c(F)cccc3[nH]2)c(Cl)nn1. The average molecular weight is 262 g/mol. The first-order chi connectivity index (χ1) is 8.65. The van der Waals surface area contributed by atoms with Crippen molar-refractivity contribution in [2.75, 3.05) is 0 Å². The van der Waals surface area contributed by atoms with Crippen LogP contribution < -0.4 is 0 Å². The van der Waals surface area contributed by atoms with Gasteiger partial charge in [-0.05, 0) is 31.2 Å². The normalized spacial score (nSPS) is 11.1. The van der Waals surface area contributed by atoms with E-state index in [0.717, 1.165) is 22.5 Å². The standard InChI is InChI=1S/C13H9ClFN3/c1-7-5-9(13(14)18-17-7)12-6-8-10(15)3-2-4-11(8)16-12/h2-6,16H,1H3. The quantitative estimate of drug-likeness (QED) is 0.725. The number of rotatable bonds is 1. The molecule has 0 atom stereocenters. The Labute approximate surface area is 108 Å². The molecular formula is C13H9ClFN3. The zero-order valence-electron chi connectivity index (χ0n) is 9.54. The third-order valence-electron chi connectivity index (χ3n) is 2.77. The number of hydrogen-bond acceptors (Lipinski definition) is 2. The van der Waals surface area contributed by atoms with E-state index in [2.05, 4.69) is 15.2 Å². The maximum absolute atomic E-state index is 13.6. The van der Waals surface area contributed by atoms with Gasteiger partial charge in [-0.2, -0.15) is 5.10 Å². The summed E-state index contributed by atoms with van der Waals surface area (Å²) >= 11 is 6.01. The van der Waals surface area contributed by atoms with Crippen molar-refractivity contribution in [2.24, 2.45) is 0 Å². The second-order valence-corrected chi connectivity index (χ2v) is 4.43. The van der Waals surface area contributed by atoms with E-state index in [1.54, 1.807) is 12.1 Å². The summed E-state index contributed by atoms with van der Waals surface area (Å²) in [6.45, 7) is 1.83. The van der Waals surface area contributed by atoms with Gasteiger partial charge in [0, 0.05) is 22.2 Å². The smallest absolute Gasteiger partial charge is 0.161 e.